The van der Waals surface area contributed by atoms with Crippen LogP contribution >= 0.6 is 0 Å². The first-order valence-corrected chi connectivity index (χ1v) is 7.04. The maximum atomic E-state index is 12.4. The topological polar surface area (TPSA) is 62.3 Å². The molecule has 0 aliphatic carbocycles. The predicted molar refractivity (Wildman–Crippen MR) is 86.3 cm³/mol. The number of pyridine rings is 1. The van der Waals surface area contributed by atoms with Gasteiger partial charge in [-0.2, -0.15) is 0 Å². The normalized spacial score (nSPS) is 12.5. The Hall–Kier alpha value is -2.59. The lowest BCUT2D eigenvalue weighted by molar-refractivity contribution is 0.135. The summed E-state index contributed by atoms with van der Waals surface area (Å²) in [6.07, 6.45) is -0.477. The molecule has 1 unspecified atom stereocenters. The van der Waals surface area contributed by atoms with Crippen LogP contribution in [0.25, 0.3) is 10.9 Å². The number of H-pyrrole nitrogens is 1. The van der Waals surface area contributed by atoms with E-state index in [-0.39, 0.29) is 11.3 Å². The van der Waals surface area contributed by atoms with E-state index in [2.05, 4.69) is 4.98 Å². The Morgan fingerprint density at radius 1 is 1.09 bits per heavy atom. The van der Waals surface area contributed by atoms with Gasteiger partial charge in [-0.25, -0.2) is 0 Å². The van der Waals surface area contributed by atoms with Gasteiger partial charge in [0, 0.05) is 12.6 Å². The number of rotatable bonds is 3. The standard InChI is InChI=1S/C18H17NO3/c1-11-3-4-13-10-15(18(21)19-16(13)9-11)17(22-2)12-5-7-14(20)8-6-12/h3-10,17,20H,1-2H3,(H,19,21). The number of hydrogen-bond acceptors (Lipinski definition) is 3. The zero-order chi connectivity index (χ0) is 15.7. The summed E-state index contributed by atoms with van der Waals surface area (Å²) >= 11 is 0. The zero-order valence-electron chi connectivity index (χ0n) is 12.5. The maximum Gasteiger partial charge on any atom is 0.254 e. The van der Waals surface area contributed by atoms with Crippen molar-refractivity contribution in [3.8, 4) is 5.75 Å². The first kappa shape index (κ1) is 14.4. The minimum absolute atomic E-state index is 0.168. The molecule has 0 saturated heterocycles. The fraction of sp³-hybridized carbons (Fsp3) is 0.167. The van der Waals surface area contributed by atoms with E-state index in [0.29, 0.717) is 5.56 Å². The number of benzene rings is 2. The monoisotopic (exact) mass is 295 g/mol. The number of nitrogens with one attached hydrogen (secondary N) is 1. The Morgan fingerprint density at radius 2 is 1.82 bits per heavy atom. The number of phenolic OH excluding ortho intramolecular Hbond substituents is 1. The molecule has 1 aromatic heterocycles. The summed E-state index contributed by atoms with van der Waals surface area (Å²) in [5.41, 5.74) is 3.10. The average Bonchev–Trinajstić information content (AvgIpc) is 2.50. The second-order valence-electron chi connectivity index (χ2n) is 5.35. The maximum absolute atomic E-state index is 12.4. The van der Waals surface area contributed by atoms with Gasteiger partial charge in [-0.3, -0.25) is 4.79 Å². The summed E-state index contributed by atoms with van der Waals surface area (Å²) in [6.45, 7) is 1.99. The van der Waals surface area contributed by atoms with Gasteiger partial charge in [0.2, 0.25) is 0 Å². The van der Waals surface area contributed by atoms with E-state index in [1.54, 1.807) is 31.4 Å². The van der Waals surface area contributed by atoms with E-state index in [1.165, 1.54) is 0 Å². The molecule has 22 heavy (non-hydrogen) atoms. The molecule has 4 heteroatoms. The minimum Gasteiger partial charge on any atom is -0.508 e. The zero-order valence-corrected chi connectivity index (χ0v) is 12.5. The van der Waals surface area contributed by atoms with Gasteiger partial charge < -0.3 is 14.8 Å². The fourth-order valence-electron chi connectivity index (χ4n) is 2.62. The average molecular weight is 295 g/mol. The first-order chi connectivity index (χ1) is 10.6. The van der Waals surface area contributed by atoms with Crippen molar-refractivity contribution in [2.24, 2.45) is 0 Å². The molecule has 0 aliphatic heterocycles. The quantitative estimate of drug-likeness (QED) is 0.779. The van der Waals surface area contributed by atoms with Gasteiger partial charge in [-0.1, -0.05) is 24.3 Å². The summed E-state index contributed by atoms with van der Waals surface area (Å²) in [5.74, 6) is 0.182. The molecule has 3 aromatic rings. The van der Waals surface area contributed by atoms with Gasteiger partial charge in [0.05, 0.1) is 5.56 Å². The molecule has 3 rings (SSSR count). The summed E-state index contributed by atoms with van der Waals surface area (Å²) in [6, 6.07) is 14.5. The number of fused-ring (bicyclic) bond motifs is 1. The number of hydrogen-bond donors (Lipinski definition) is 2. The highest BCUT2D eigenvalue weighted by Gasteiger charge is 2.17. The van der Waals surface area contributed by atoms with Crippen LogP contribution in [0.1, 0.15) is 22.8 Å². The Labute approximate surface area is 128 Å². The van der Waals surface area contributed by atoms with E-state index >= 15 is 0 Å². The lowest BCUT2D eigenvalue weighted by Gasteiger charge is -2.16. The minimum atomic E-state index is -0.477. The number of methoxy groups -OCH3 is 1. The molecule has 0 bridgehead atoms. The summed E-state index contributed by atoms with van der Waals surface area (Å²) < 4.78 is 5.51. The fourth-order valence-corrected chi connectivity index (χ4v) is 2.62. The molecule has 2 aromatic carbocycles. The third-order valence-corrected chi connectivity index (χ3v) is 3.74. The van der Waals surface area contributed by atoms with Crippen molar-refractivity contribution in [1.82, 2.24) is 4.98 Å². The van der Waals surface area contributed by atoms with Gasteiger partial charge >= 0.3 is 0 Å². The van der Waals surface area contributed by atoms with E-state index in [9.17, 15) is 9.90 Å². The van der Waals surface area contributed by atoms with Crippen molar-refractivity contribution < 1.29 is 9.84 Å². The van der Waals surface area contributed by atoms with Crippen LogP contribution in [0.5, 0.6) is 5.75 Å². The third kappa shape index (κ3) is 2.61. The number of aromatic amines is 1. The van der Waals surface area contributed by atoms with E-state index in [4.69, 9.17) is 4.74 Å². The Bertz CT molecular complexity index is 866. The number of aromatic hydroxyl groups is 1. The SMILES string of the molecule is COC(c1ccc(O)cc1)c1cc2ccc(C)cc2[nH]c1=O. The number of aromatic nitrogens is 1. The van der Waals surface area contributed by atoms with Crippen LogP contribution in [0, 0.1) is 6.92 Å². The van der Waals surface area contributed by atoms with Crippen LogP contribution < -0.4 is 5.56 Å². The smallest absolute Gasteiger partial charge is 0.254 e. The predicted octanol–water partition coefficient (Wildman–Crippen LogP) is 3.28. The Kier molecular flexibility index (Phi) is 3.69. The Balaban J connectivity index is 2.14. The molecule has 1 heterocycles. The lowest BCUT2D eigenvalue weighted by atomic mass is 10.0. The lowest BCUT2D eigenvalue weighted by Crippen LogP contribution is -2.18. The van der Waals surface area contributed by atoms with Crippen LogP contribution in [0.2, 0.25) is 0 Å². The molecule has 112 valence electrons. The van der Waals surface area contributed by atoms with Gasteiger partial charge in [0.15, 0.2) is 0 Å². The van der Waals surface area contributed by atoms with Crippen LogP contribution in [-0.2, 0) is 4.74 Å². The molecule has 0 radical (unpaired) electrons. The van der Waals surface area contributed by atoms with Gasteiger partial charge in [-0.15, -0.1) is 0 Å². The molecule has 2 N–H and O–H groups in total. The van der Waals surface area contributed by atoms with Gasteiger partial charge in [-0.05, 0) is 47.7 Å². The first-order valence-electron chi connectivity index (χ1n) is 7.04. The second kappa shape index (κ2) is 5.66. The number of phenols is 1. The third-order valence-electron chi connectivity index (χ3n) is 3.74. The molecule has 0 saturated carbocycles. The largest absolute Gasteiger partial charge is 0.508 e. The second-order valence-corrected chi connectivity index (χ2v) is 5.35. The number of ether oxygens (including phenoxy) is 1. The van der Waals surface area contributed by atoms with E-state index < -0.39 is 6.10 Å². The highest BCUT2D eigenvalue weighted by molar-refractivity contribution is 5.79. The molecule has 0 spiro atoms. The molecule has 0 aliphatic rings. The van der Waals surface area contributed by atoms with E-state index in [1.807, 2.05) is 31.2 Å². The molecule has 1 atom stereocenters. The van der Waals surface area contributed by atoms with Crippen LogP contribution in [0.4, 0.5) is 0 Å². The van der Waals surface area contributed by atoms with E-state index in [0.717, 1.165) is 22.0 Å². The van der Waals surface area contributed by atoms with Crippen molar-refractivity contribution in [2.75, 3.05) is 7.11 Å². The van der Waals surface area contributed by atoms with Crippen molar-refractivity contribution in [2.45, 2.75) is 13.0 Å². The molecule has 0 amide bonds. The van der Waals surface area contributed by atoms with Crippen molar-refractivity contribution in [3.63, 3.8) is 0 Å². The Morgan fingerprint density at radius 3 is 2.50 bits per heavy atom. The van der Waals surface area contributed by atoms with Crippen molar-refractivity contribution in [1.29, 1.82) is 0 Å². The highest BCUT2D eigenvalue weighted by atomic mass is 16.5. The van der Waals surface area contributed by atoms with Crippen LogP contribution in [0.15, 0.2) is 53.3 Å². The van der Waals surface area contributed by atoms with Crippen molar-refractivity contribution in [3.05, 3.63) is 75.6 Å². The van der Waals surface area contributed by atoms with Crippen molar-refractivity contribution >= 4 is 10.9 Å². The summed E-state index contributed by atoms with van der Waals surface area (Å²) in [4.78, 5) is 15.3. The molecular weight excluding hydrogens is 278 g/mol. The van der Waals surface area contributed by atoms with Gasteiger partial charge in [0.25, 0.3) is 5.56 Å². The summed E-state index contributed by atoms with van der Waals surface area (Å²) in [7, 11) is 1.57. The van der Waals surface area contributed by atoms with Gasteiger partial charge in [0.1, 0.15) is 11.9 Å². The molecule has 0 fully saturated rings. The molecule has 4 nitrogen and oxygen atoms in total. The molecular formula is C18H17NO3. The number of aryl methyl sites for hydroxylation is 1. The van der Waals surface area contributed by atoms with Crippen LogP contribution in [-0.4, -0.2) is 17.2 Å². The summed E-state index contributed by atoms with van der Waals surface area (Å²) in [5, 5.41) is 10.4. The highest BCUT2D eigenvalue weighted by Crippen LogP contribution is 2.26. The van der Waals surface area contributed by atoms with Crippen LogP contribution in [0.3, 0.4) is 0 Å².